The first-order valence-electron chi connectivity index (χ1n) is 7.23. The topological polar surface area (TPSA) is 48.0 Å². The summed E-state index contributed by atoms with van der Waals surface area (Å²) in [5, 5.41) is 3.25. The second kappa shape index (κ2) is 7.79. The van der Waals surface area contributed by atoms with Gasteiger partial charge in [0, 0.05) is 52.4 Å². The molecule has 2 aliphatic rings. The van der Waals surface area contributed by atoms with Crippen LogP contribution in [0.5, 0.6) is 0 Å². The molecular weight excluding hydrogens is 244 g/mol. The van der Waals surface area contributed by atoms with E-state index in [-0.39, 0.29) is 5.91 Å². The summed E-state index contributed by atoms with van der Waals surface area (Å²) in [5.41, 5.74) is 0. The second-order valence-electron chi connectivity index (χ2n) is 5.31. The molecule has 2 saturated heterocycles. The minimum atomic E-state index is 0.232. The molecule has 0 spiro atoms. The van der Waals surface area contributed by atoms with Gasteiger partial charge >= 0.3 is 0 Å². The first-order chi connectivity index (χ1) is 9.25. The highest BCUT2D eigenvalue weighted by molar-refractivity contribution is 5.78. The smallest absolute Gasteiger partial charge is 0.236 e. The van der Waals surface area contributed by atoms with E-state index in [1.807, 2.05) is 4.90 Å². The Bertz CT molecular complexity index is 274. The van der Waals surface area contributed by atoms with Crippen LogP contribution in [-0.2, 0) is 9.53 Å². The highest BCUT2D eigenvalue weighted by Gasteiger charge is 2.18. The third kappa shape index (κ3) is 5.06. The van der Waals surface area contributed by atoms with Crippen molar-refractivity contribution < 1.29 is 9.53 Å². The fraction of sp³-hybridized carbons (Fsp3) is 0.923. The molecule has 2 aliphatic heterocycles. The molecular formula is C13H26N4O2. The van der Waals surface area contributed by atoms with Gasteiger partial charge in [-0.25, -0.2) is 0 Å². The maximum absolute atomic E-state index is 12.0. The van der Waals surface area contributed by atoms with Crippen molar-refractivity contribution in [3.63, 3.8) is 0 Å². The zero-order valence-electron chi connectivity index (χ0n) is 11.9. The minimum absolute atomic E-state index is 0.232. The Morgan fingerprint density at radius 1 is 1.11 bits per heavy atom. The minimum Gasteiger partial charge on any atom is -0.379 e. The van der Waals surface area contributed by atoms with Crippen LogP contribution in [0, 0.1) is 0 Å². The van der Waals surface area contributed by atoms with Crippen molar-refractivity contribution in [3.05, 3.63) is 0 Å². The number of piperazine rings is 1. The fourth-order valence-corrected chi connectivity index (χ4v) is 2.42. The molecule has 0 radical (unpaired) electrons. The van der Waals surface area contributed by atoms with E-state index in [0.717, 1.165) is 65.6 Å². The largest absolute Gasteiger partial charge is 0.379 e. The molecule has 0 aliphatic carbocycles. The molecule has 0 unspecified atom stereocenters. The van der Waals surface area contributed by atoms with Crippen molar-refractivity contribution in [2.24, 2.45) is 0 Å². The van der Waals surface area contributed by atoms with Crippen LogP contribution in [0.1, 0.15) is 0 Å². The SMILES string of the molecule is CN1CCN(C(=O)CNCCN2CCOCC2)CC1. The average Bonchev–Trinajstić information content (AvgIpc) is 2.45. The van der Waals surface area contributed by atoms with E-state index in [9.17, 15) is 4.79 Å². The molecule has 19 heavy (non-hydrogen) atoms. The van der Waals surface area contributed by atoms with Crippen molar-refractivity contribution in [2.45, 2.75) is 0 Å². The predicted octanol–water partition coefficient (Wildman–Crippen LogP) is -1.32. The highest BCUT2D eigenvalue weighted by Crippen LogP contribution is 1.99. The third-order valence-corrected chi connectivity index (χ3v) is 3.84. The summed E-state index contributed by atoms with van der Waals surface area (Å²) in [5.74, 6) is 0.232. The molecule has 0 aromatic rings. The summed E-state index contributed by atoms with van der Waals surface area (Å²) in [6.07, 6.45) is 0. The summed E-state index contributed by atoms with van der Waals surface area (Å²) in [6, 6.07) is 0. The number of amides is 1. The number of carbonyl (C=O) groups excluding carboxylic acids is 1. The maximum atomic E-state index is 12.0. The van der Waals surface area contributed by atoms with Gasteiger partial charge in [-0.3, -0.25) is 9.69 Å². The van der Waals surface area contributed by atoms with Crippen molar-refractivity contribution >= 4 is 5.91 Å². The van der Waals surface area contributed by atoms with E-state index in [2.05, 4.69) is 22.2 Å². The number of carbonyl (C=O) groups is 1. The lowest BCUT2D eigenvalue weighted by molar-refractivity contribution is -0.131. The molecule has 2 fully saturated rings. The van der Waals surface area contributed by atoms with Crippen LogP contribution in [0.4, 0.5) is 0 Å². The van der Waals surface area contributed by atoms with Crippen LogP contribution in [0.3, 0.4) is 0 Å². The molecule has 110 valence electrons. The molecule has 6 heteroatoms. The van der Waals surface area contributed by atoms with E-state index in [1.54, 1.807) is 0 Å². The van der Waals surface area contributed by atoms with Gasteiger partial charge < -0.3 is 19.9 Å². The third-order valence-electron chi connectivity index (χ3n) is 3.84. The standard InChI is InChI=1S/C13H26N4O2/c1-15-4-6-17(7-5-15)13(18)12-14-2-3-16-8-10-19-11-9-16/h14H,2-12H2,1H3. The molecule has 1 amide bonds. The van der Waals surface area contributed by atoms with E-state index >= 15 is 0 Å². The molecule has 0 aromatic carbocycles. The van der Waals surface area contributed by atoms with Crippen molar-refractivity contribution in [2.75, 3.05) is 79.2 Å². The zero-order chi connectivity index (χ0) is 13.5. The van der Waals surface area contributed by atoms with Crippen LogP contribution in [0.2, 0.25) is 0 Å². The van der Waals surface area contributed by atoms with Gasteiger partial charge in [-0.15, -0.1) is 0 Å². The van der Waals surface area contributed by atoms with Gasteiger partial charge in [0.05, 0.1) is 19.8 Å². The molecule has 0 aromatic heterocycles. The van der Waals surface area contributed by atoms with Gasteiger partial charge in [0.1, 0.15) is 0 Å². The lowest BCUT2D eigenvalue weighted by Gasteiger charge is -2.32. The molecule has 2 heterocycles. The average molecular weight is 270 g/mol. The Hall–Kier alpha value is -0.690. The van der Waals surface area contributed by atoms with Crippen molar-refractivity contribution in [3.8, 4) is 0 Å². The summed E-state index contributed by atoms with van der Waals surface area (Å²) >= 11 is 0. The summed E-state index contributed by atoms with van der Waals surface area (Å²) in [7, 11) is 2.10. The van der Waals surface area contributed by atoms with Gasteiger partial charge in [-0.1, -0.05) is 0 Å². The number of nitrogens with one attached hydrogen (secondary N) is 1. The molecule has 1 N–H and O–H groups in total. The van der Waals surface area contributed by atoms with Crippen LogP contribution in [0.15, 0.2) is 0 Å². The van der Waals surface area contributed by atoms with E-state index < -0.39 is 0 Å². The normalized spacial score (nSPS) is 22.7. The van der Waals surface area contributed by atoms with Gasteiger partial charge in [0.15, 0.2) is 0 Å². The summed E-state index contributed by atoms with van der Waals surface area (Å²) in [6.45, 7) is 9.72. The first kappa shape index (κ1) is 14.7. The van der Waals surface area contributed by atoms with E-state index in [0.29, 0.717) is 6.54 Å². The number of morpholine rings is 1. The Labute approximate surface area is 115 Å². The first-order valence-corrected chi connectivity index (χ1v) is 7.23. The van der Waals surface area contributed by atoms with E-state index in [4.69, 9.17) is 4.74 Å². The number of likely N-dealkylation sites (N-methyl/N-ethyl adjacent to an activating group) is 1. The van der Waals surface area contributed by atoms with Crippen LogP contribution in [0.25, 0.3) is 0 Å². The van der Waals surface area contributed by atoms with Crippen molar-refractivity contribution in [1.82, 2.24) is 20.0 Å². The quantitative estimate of drug-likeness (QED) is 0.628. The summed E-state index contributed by atoms with van der Waals surface area (Å²) in [4.78, 5) is 18.6. The Morgan fingerprint density at radius 2 is 1.79 bits per heavy atom. The van der Waals surface area contributed by atoms with Crippen LogP contribution < -0.4 is 5.32 Å². The number of nitrogens with zero attached hydrogens (tertiary/aromatic N) is 3. The Balaban J connectivity index is 1.53. The van der Waals surface area contributed by atoms with Gasteiger partial charge in [0.2, 0.25) is 5.91 Å². The maximum Gasteiger partial charge on any atom is 0.236 e. The zero-order valence-corrected chi connectivity index (χ0v) is 11.9. The predicted molar refractivity (Wildman–Crippen MR) is 74.2 cm³/mol. The number of rotatable bonds is 5. The second-order valence-corrected chi connectivity index (χ2v) is 5.31. The van der Waals surface area contributed by atoms with E-state index in [1.165, 1.54) is 0 Å². The molecule has 2 rings (SSSR count). The van der Waals surface area contributed by atoms with Crippen LogP contribution >= 0.6 is 0 Å². The number of hydrogen-bond donors (Lipinski definition) is 1. The molecule has 0 saturated carbocycles. The van der Waals surface area contributed by atoms with Gasteiger partial charge in [-0.2, -0.15) is 0 Å². The Kier molecular flexibility index (Phi) is 6.03. The van der Waals surface area contributed by atoms with Gasteiger partial charge in [0.25, 0.3) is 0 Å². The number of ether oxygens (including phenoxy) is 1. The lowest BCUT2D eigenvalue weighted by atomic mass is 10.3. The fourth-order valence-electron chi connectivity index (χ4n) is 2.42. The van der Waals surface area contributed by atoms with Gasteiger partial charge in [-0.05, 0) is 7.05 Å². The number of hydrogen-bond acceptors (Lipinski definition) is 5. The van der Waals surface area contributed by atoms with Crippen molar-refractivity contribution in [1.29, 1.82) is 0 Å². The molecule has 0 atom stereocenters. The van der Waals surface area contributed by atoms with Crippen LogP contribution in [-0.4, -0.2) is 99.8 Å². The highest BCUT2D eigenvalue weighted by atomic mass is 16.5. The monoisotopic (exact) mass is 270 g/mol. The molecule has 0 bridgehead atoms. The lowest BCUT2D eigenvalue weighted by Crippen LogP contribution is -2.50. The molecule has 6 nitrogen and oxygen atoms in total. The summed E-state index contributed by atoms with van der Waals surface area (Å²) < 4.78 is 5.31. The Morgan fingerprint density at radius 3 is 2.47 bits per heavy atom.